The zero-order valence-electron chi connectivity index (χ0n) is 16.5. The minimum atomic E-state index is 0.0670. The van der Waals surface area contributed by atoms with Crippen molar-refractivity contribution in [3.8, 4) is 11.3 Å². The van der Waals surface area contributed by atoms with Gasteiger partial charge in [-0.15, -0.1) is 0 Å². The summed E-state index contributed by atoms with van der Waals surface area (Å²) in [6.07, 6.45) is 6.28. The van der Waals surface area contributed by atoms with Gasteiger partial charge in [-0.2, -0.15) is 0 Å². The average molecular weight is 370 g/mol. The van der Waals surface area contributed by atoms with Crippen LogP contribution in [0.3, 0.4) is 0 Å². The first-order chi connectivity index (χ1) is 13.1. The van der Waals surface area contributed by atoms with E-state index < -0.39 is 0 Å². The largest absolute Gasteiger partial charge is 0.441 e. The van der Waals surface area contributed by atoms with Crippen LogP contribution in [-0.4, -0.2) is 42.0 Å². The van der Waals surface area contributed by atoms with Crippen molar-refractivity contribution in [1.29, 1.82) is 0 Å². The predicted octanol–water partition coefficient (Wildman–Crippen LogP) is 3.82. The summed E-state index contributed by atoms with van der Waals surface area (Å²) in [5.74, 6) is 2.30. The number of hydrogen-bond donors (Lipinski definition) is 1. The van der Waals surface area contributed by atoms with Crippen molar-refractivity contribution in [1.82, 2.24) is 15.2 Å². The van der Waals surface area contributed by atoms with E-state index in [0.717, 1.165) is 36.8 Å². The highest BCUT2D eigenvalue weighted by molar-refractivity contribution is 5.76. The van der Waals surface area contributed by atoms with E-state index >= 15 is 0 Å². The number of hydrogen-bond acceptors (Lipinski definition) is 4. The van der Waals surface area contributed by atoms with E-state index in [1.807, 2.05) is 12.1 Å². The van der Waals surface area contributed by atoms with Crippen molar-refractivity contribution in [3.63, 3.8) is 0 Å². The molecule has 0 atom stereocenters. The summed E-state index contributed by atoms with van der Waals surface area (Å²) in [5, 5.41) is 3.01. The summed E-state index contributed by atoms with van der Waals surface area (Å²) in [7, 11) is 0. The number of carbonyl (C=O) groups excluding carboxylic acids is 1. The van der Waals surface area contributed by atoms with Crippen molar-refractivity contribution in [2.75, 3.05) is 26.2 Å². The lowest BCUT2D eigenvalue weighted by Crippen LogP contribution is -2.35. The molecule has 2 heterocycles. The van der Waals surface area contributed by atoms with Crippen molar-refractivity contribution in [2.24, 2.45) is 5.92 Å². The molecule has 2 aromatic rings. The number of nitrogens with one attached hydrogen (secondary N) is 1. The van der Waals surface area contributed by atoms with Gasteiger partial charge in [-0.05, 0) is 51.7 Å². The Morgan fingerprint density at radius 1 is 1.26 bits per heavy atom. The smallest absolute Gasteiger partial charge is 0.220 e. The van der Waals surface area contributed by atoms with Gasteiger partial charge in [0.2, 0.25) is 5.91 Å². The molecule has 146 valence electrons. The Bertz CT molecular complexity index is 715. The number of nitrogens with zero attached hydrogens (tertiary/aromatic N) is 2. The summed E-state index contributed by atoms with van der Waals surface area (Å²) in [4.78, 5) is 18.8. The molecule has 27 heavy (non-hydrogen) atoms. The van der Waals surface area contributed by atoms with E-state index in [0.29, 0.717) is 18.7 Å². The van der Waals surface area contributed by atoms with Gasteiger partial charge in [0, 0.05) is 24.9 Å². The summed E-state index contributed by atoms with van der Waals surface area (Å²) in [6.45, 7) is 8.60. The second-order valence-corrected chi connectivity index (χ2v) is 7.71. The van der Waals surface area contributed by atoms with Gasteiger partial charge in [0.05, 0.1) is 6.20 Å². The number of rotatable bonds is 8. The van der Waals surface area contributed by atoms with Crippen molar-refractivity contribution >= 4 is 5.91 Å². The van der Waals surface area contributed by atoms with Gasteiger partial charge < -0.3 is 14.6 Å². The Balaban J connectivity index is 1.33. The molecule has 0 unspecified atom stereocenters. The molecule has 0 bridgehead atoms. The highest BCUT2D eigenvalue weighted by Gasteiger charge is 2.15. The van der Waals surface area contributed by atoms with E-state index in [2.05, 4.69) is 41.2 Å². The van der Waals surface area contributed by atoms with Gasteiger partial charge in [0.15, 0.2) is 11.7 Å². The third kappa shape index (κ3) is 6.21. The van der Waals surface area contributed by atoms with E-state index in [1.165, 1.54) is 31.5 Å². The lowest BCUT2D eigenvalue weighted by atomic mass is 9.99. The maximum absolute atomic E-state index is 12.0. The number of piperidine rings is 1. The van der Waals surface area contributed by atoms with E-state index in [-0.39, 0.29) is 5.91 Å². The number of aromatic nitrogens is 1. The van der Waals surface area contributed by atoms with Gasteiger partial charge in [0.25, 0.3) is 0 Å². The second-order valence-electron chi connectivity index (χ2n) is 7.71. The number of benzene rings is 1. The van der Waals surface area contributed by atoms with Crippen LogP contribution in [0.2, 0.25) is 0 Å². The Kier molecular flexibility index (Phi) is 7.04. The first-order valence-corrected chi connectivity index (χ1v) is 10.1. The average Bonchev–Trinajstić information content (AvgIpc) is 3.14. The molecule has 0 aliphatic carbocycles. The Morgan fingerprint density at radius 3 is 2.74 bits per heavy atom. The monoisotopic (exact) mass is 369 g/mol. The maximum atomic E-state index is 12.0. The molecule has 1 aromatic heterocycles. The Morgan fingerprint density at radius 2 is 2.00 bits per heavy atom. The molecule has 5 nitrogen and oxygen atoms in total. The molecule has 1 amide bonds. The number of likely N-dealkylation sites (tertiary alicyclic amines) is 1. The first-order valence-electron chi connectivity index (χ1n) is 10.1. The summed E-state index contributed by atoms with van der Waals surface area (Å²) in [6, 6.07) is 8.15. The fourth-order valence-corrected chi connectivity index (χ4v) is 3.40. The molecular weight excluding hydrogens is 338 g/mol. The number of amides is 1. The zero-order chi connectivity index (χ0) is 19.1. The fourth-order valence-electron chi connectivity index (χ4n) is 3.40. The van der Waals surface area contributed by atoms with Crippen molar-refractivity contribution in [2.45, 2.75) is 46.0 Å². The van der Waals surface area contributed by atoms with Crippen molar-refractivity contribution in [3.05, 3.63) is 41.9 Å². The van der Waals surface area contributed by atoms with Gasteiger partial charge in [-0.1, -0.05) is 36.8 Å². The molecule has 1 N–H and O–H groups in total. The quantitative estimate of drug-likeness (QED) is 0.719. The third-order valence-corrected chi connectivity index (χ3v) is 5.31. The Hall–Kier alpha value is -2.14. The highest BCUT2D eigenvalue weighted by Crippen LogP contribution is 2.21. The minimum absolute atomic E-state index is 0.0670. The number of aryl methyl sites for hydroxylation is 2. The summed E-state index contributed by atoms with van der Waals surface area (Å²) >= 11 is 0. The zero-order valence-corrected chi connectivity index (χ0v) is 16.5. The molecule has 0 saturated carbocycles. The SMILES string of the molecule is Cc1ccc(-c2cnc(CCC(=O)NCCCN3CCC(C)CC3)o2)cc1. The summed E-state index contributed by atoms with van der Waals surface area (Å²) in [5.41, 5.74) is 2.22. The molecular formula is C22H31N3O2. The second kappa shape index (κ2) is 9.70. The van der Waals surface area contributed by atoms with Crippen LogP contribution in [0.15, 0.2) is 34.9 Å². The van der Waals surface area contributed by atoms with Gasteiger partial charge in [-0.3, -0.25) is 4.79 Å². The molecule has 1 fully saturated rings. The first kappa shape index (κ1) is 19.6. The van der Waals surface area contributed by atoms with E-state index in [1.54, 1.807) is 6.20 Å². The minimum Gasteiger partial charge on any atom is -0.441 e. The van der Waals surface area contributed by atoms with Crippen LogP contribution in [0.25, 0.3) is 11.3 Å². The molecule has 1 aromatic carbocycles. The lowest BCUT2D eigenvalue weighted by Gasteiger charge is -2.30. The topological polar surface area (TPSA) is 58.4 Å². The van der Waals surface area contributed by atoms with Gasteiger partial charge in [0.1, 0.15) is 0 Å². The summed E-state index contributed by atoms with van der Waals surface area (Å²) < 4.78 is 5.78. The maximum Gasteiger partial charge on any atom is 0.220 e. The number of carbonyl (C=O) groups is 1. The van der Waals surface area contributed by atoms with Crippen LogP contribution >= 0.6 is 0 Å². The predicted molar refractivity (Wildman–Crippen MR) is 107 cm³/mol. The lowest BCUT2D eigenvalue weighted by molar-refractivity contribution is -0.121. The molecule has 1 aliphatic rings. The van der Waals surface area contributed by atoms with Gasteiger partial charge >= 0.3 is 0 Å². The standard InChI is InChI=1S/C22H31N3O2/c1-17-4-6-19(7-5-17)20-16-24-22(27-20)9-8-21(26)23-12-3-13-25-14-10-18(2)11-15-25/h4-7,16,18H,3,8-15H2,1-2H3,(H,23,26). The van der Waals surface area contributed by atoms with Crippen LogP contribution in [0.1, 0.15) is 44.1 Å². The molecule has 0 spiro atoms. The molecule has 3 rings (SSSR count). The molecule has 5 heteroatoms. The molecule has 1 aliphatic heterocycles. The van der Waals surface area contributed by atoms with Crippen LogP contribution in [0.4, 0.5) is 0 Å². The Labute approximate surface area is 162 Å². The van der Waals surface area contributed by atoms with Gasteiger partial charge in [-0.25, -0.2) is 4.98 Å². The van der Waals surface area contributed by atoms with Crippen molar-refractivity contribution < 1.29 is 9.21 Å². The van der Waals surface area contributed by atoms with E-state index in [9.17, 15) is 4.79 Å². The molecule has 1 saturated heterocycles. The highest BCUT2D eigenvalue weighted by atomic mass is 16.4. The number of oxazole rings is 1. The third-order valence-electron chi connectivity index (χ3n) is 5.31. The van der Waals surface area contributed by atoms with Crippen LogP contribution in [-0.2, 0) is 11.2 Å². The van der Waals surface area contributed by atoms with Crippen LogP contribution < -0.4 is 5.32 Å². The van der Waals surface area contributed by atoms with E-state index in [4.69, 9.17) is 4.42 Å². The van der Waals surface area contributed by atoms with Crippen LogP contribution in [0.5, 0.6) is 0 Å². The fraction of sp³-hybridized carbons (Fsp3) is 0.545. The molecule has 0 radical (unpaired) electrons. The van der Waals surface area contributed by atoms with Crippen LogP contribution in [0, 0.1) is 12.8 Å². The normalized spacial score (nSPS) is 15.8.